The summed E-state index contributed by atoms with van der Waals surface area (Å²) in [6.07, 6.45) is 5.41. The molecule has 0 heterocycles. The van der Waals surface area contributed by atoms with Gasteiger partial charge in [0.1, 0.15) is 0 Å². The molecule has 9 heavy (non-hydrogen) atoms. The summed E-state index contributed by atoms with van der Waals surface area (Å²) >= 11 is 0. The van der Waals surface area contributed by atoms with E-state index in [0.29, 0.717) is 0 Å². The summed E-state index contributed by atoms with van der Waals surface area (Å²) in [5.41, 5.74) is 3.91. The Bertz CT molecular complexity index is 48.5. The fraction of sp³-hybridized carbons (Fsp3) is 1.00. The van der Waals surface area contributed by atoms with E-state index in [1.54, 1.807) is 0 Å². The lowest BCUT2D eigenvalue weighted by Gasteiger charge is -2.07. The maximum Gasteiger partial charge on any atom is 0.0768 e. The van der Waals surface area contributed by atoms with Crippen molar-refractivity contribution in [2.24, 2.45) is 5.92 Å². The highest BCUT2D eigenvalue weighted by Gasteiger charge is 2.02. The maximum atomic E-state index is 3.91. The Kier molecular flexibility index (Phi) is 6.06. The highest BCUT2D eigenvalue weighted by molar-refractivity contribution is 4.52. The first-order valence-electron chi connectivity index (χ1n) is 4.14. The monoisotopic (exact) mass is 130 g/mol. The van der Waals surface area contributed by atoms with Crippen LogP contribution in [0.25, 0.3) is 0 Å². The second-order valence-corrected chi connectivity index (χ2v) is 2.71. The van der Waals surface area contributed by atoms with Crippen LogP contribution in [-0.4, -0.2) is 6.54 Å². The van der Waals surface area contributed by atoms with Crippen molar-refractivity contribution in [3.8, 4) is 0 Å². The van der Waals surface area contributed by atoms with Crippen LogP contribution in [0.2, 0.25) is 0 Å². The SMILES string of the molecule is CCCC[C@H](CC)C[NH3+]. The second kappa shape index (κ2) is 6.09. The van der Waals surface area contributed by atoms with Crippen LogP contribution >= 0.6 is 0 Å². The summed E-state index contributed by atoms with van der Waals surface area (Å²) in [5, 5.41) is 0. The summed E-state index contributed by atoms with van der Waals surface area (Å²) in [5.74, 6) is 0.893. The molecule has 0 aromatic heterocycles. The Morgan fingerprint density at radius 3 is 2.33 bits per heavy atom. The van der Waals surface area contributed by atoms with Gasteiger partial charge in [0.05, 0.1) is 6.54 Å². The van der Waals surface area contributed by atoms with Gasteiger partial charge in [-0.15, -0.1) is 0 Å². The van der Waals surface area contributed by atoms with Gasteiger partial charge in [0, 0.05) is 5.92 Å². The fourth-order valence-electron chi connectivity index (χ4n) is 1.05. The molecule has 0 fully saturated rings. The van der Waals surface area contributed by atoms with Crippen molar-refractivity contribution in [1.29, 1.82) is 0 Å². The van der Waals surface area contributed by atoms with Gasteiger partial charge < -0.3 is 5.73 Å². The minimum atomic E-state index is 0.893. The molecule has 3 N–H and O–H groups in total. The van der Waals surface area contributed by atoms with Gasteiger partial charge in [-0.25, -0.2) is 0 Å². The smallest absolute Gasteiger partial charge is 0.0768 e. The van der Waals surface area contributed by atoms with Crippen molar-refractivity contribution in [3.63, 3.8) is 0 Å². The van der Waals surface area contributed by atoms with E-state index in [1.165, 1.54) is 25.7 Å². The molecule has 0 saturated heterocycles. The van der Waals surface area contributed by atoms with Crippen LogP contribution < -0.4 is 5.73 Å². The van der Waals surface area contributed by atoms with Gasteiger partial charge in [-0.2, -0.15) is 0 Å². The van der Waals surface area contributed by atoms with Gasteiger partial charge in [0.2, 0.25) is 0 Å². The maximum absolute atomic E-state index is 3.91. The van der Waals surface area contributed by atoms with E-state index in [-0.39, 0.29) is 0 Å². The number of quaternary nitrogens is 1. The van der Waals surface area contributed by atoms with Gasteiger partial charge in [-0.1, -0.05) is 26.7 Å². The average molecular weight is 130 g/mol. The minimum absolute atomic E-state index is 0.893. The zero-order chi connectivity index (χ0) is 7.11. The molecule has 0 aliphatic rings. The van der Waals surface area contributed by atoms with Gasteiger partial charge in [0.25, 0.3) is 0 Å². The lowest BCUT2D eigenvalue weighted by atomic mass is 10.00. The molecule has 0 amide bonds. The van der Waals surface area contributed by atoms with Crippen LogP contribution in [0.4, 0.5) is 0 Å². The van der Waals surface area contributed by atoms with Crippen molar-refractivity contribution in [3.05, 3.63) is 0 Å². The molecule has 1 heteroatoms. The Labute approximate surface area is 58.6 Å². The Morgan fingerprint density at radius 2 is 2.00 bits per heavy atom. The summed E-state index contributed by atoms with van der Waals surface area (Å²) in [6, 6.07) is 0. The van der Waals surface area contributed by atoms with E-state index in [9.17, 15) is 0 Å². The molecular weight excluding hydrogens is 110 g/mol. The van der Waals surface area contributed by atoms with Crippen LogP contribution in [-0.2, 0) is 0 Å². The second-order valence-electron chi connectivity index (χ2n) is 2.71. The molecule has 1 nitrogen and oxygen atoms in total. The molecule has 0 aromatic carbocycles. The summed E-state index contributed by atoms with van der Waals surface area (Å²) in [7, 11) is 0. The van der Waals surface area contributed by atoms with Crippen molar-refractivity contribution in [1.82, 2.24) is 0 Å². The highest BCUT2D eigenvalue weighted by Crippen LogP contribution is 2.09. The molecular formula is C8H20N+. The Hall–Kier alpha value is -0.0400. The normalized spacial score (nSPS) is 13.7. The largest absolute Gasteiger partial charge is 0.357 e. The van der Waals surface area contributed by atoms with E-state index < -0.39 is 0 Å². The molecule has 0 aliphatic carbocycles. The number of rotatable bonds is 5. The standard InChI is InChI=1S/C8H19N/c1-3-5-6-8(4-2)7-9/h8H,3-7,9H2,1-2H3/p+1/t8-/m0/s1. The molecule has 0 aromatic rings. The summed E-state index contributed by atoms with van der Waals surface area (Å²) < 4.78 is 0. The van der Waals surface area contributed by atoms with Crippen LogP contribution in [0.3, 0.4) is 0 Å². The first-order chi connectivity index (χ1) is 4.35. The quantitative estimate of drug-likeness (QED) is 0.583. The molecule has 0 rings (SSSR count). The lowest BCUT2D eigenvalue weighted by Crippen LogP contribution is -2.53. The van der Waals surface area contributed by atoms with Gasteiger partial charge in [0.15, 0.2) is 0 Å². The van der Waals surface area contributed by atoms with Gasteiger partial charge in [-0.05, 0) is 12.8 Å². The predicted molar refractivity (Wildman–Crippen MR) is 41.1 cm³/mol. The Balaban J connectivity index is 3.09. The molecule has 0 radical (unpaired) electrons. The van der Waals surface area contributed by atoms with Crippen LogP contribution in [0.5, 0.6) is 0 Å². The van der Waals surface area contributed by atoms with E-state index in [0.717, 1.165) is 12.5 Å². The van der Waals surface area contributed by atoms with Gasteiger partial charge >= 0.3 is 0 Å². The van der Waals surface area contributed by atoms with Crippen LogP contribution in [0, 0.1) is 5.92 Å². The molecule has 1 atom stereocenters. The highest BCUT2D eigenvalue weighted by atomic mass is 14.5. The Morgan fingerprint density at radius 1 is 1.33 bits per heavy atom. The molecule has 0 bridgehead atoms. The van der Waals surface area contributed by atoms with E-state index in [2.05, 4.69) is 19.6 Å². The molecule has 56 valence electrons. The fourth-order valence-corrected chi connectivity index (χ4v) is 1.05. The van der Waals surface area contributed by atoms with Crippen molar-refractivity contribution in [2.45, 2.75) is 39.5 Å². The average Bonchev–Trinajstić information content (AvgIpc) is 1.91. The molecule has 0 unspecified atom stereocenters. The summed E-state index contributed by atoms with van der Waals surface area (Å²) in [4.78, 5) is 0. The predicted octanol–water partition coefficient (Wildman–Crippen LogP) is 1.44. The third kappa shape index (κ3) is 4.46. The topological polar surface area (TPSA) is 27.6 Å². The number of hydrogen-bond acceptors (Lipinski definition) is 0. The summed E-state index contributed by atoms with van der Waals surface area (Å²) in [6.45, 7) is 5.62. The van der Waals surface area contributed by atoms with Crippen LogP contribution in [0.15, 0.2) is 0 Å². The molecule has 0 spiro atoms. The molecule has 0 aliphatic heterocycles. The van der Waals surface area contributed by atoms with Crippen LogP contribution in [0.1, 0.15) is 39.5 Å². The van der Waals surface area contributed by atoms with Crippen molar-refractivity contribution < 1.29 is 5.73 Å². The zero-order valence-corrected chi connectivity index (χ0v) is 6.82. The lowest BCUT2D eigenvalue weighted by molar-refractivity contribution is -0.379. The van der Waals surface area contributed by atoms with Gasteiger partial charge in [-0.3, -0.25) is 0 Å². The number of unbranched alkanes of at least 4 members (excludes halogenated alkanes) is 1. The van der Waals surface area contributed by atoms with Crippen molar-refractivity contribution in [2.75, 3.05) is 6.54 Å². The van der Waals surface area contributed by atoms with E-state index in [4.69, 9.17) is 0 Å². The van der Waals surface area contributed by atoms with E-state index >= 15 is 0 Å². The zero-order valence-electron chi connectivity index (χ0n) is 6.82. The first kappa shape index (κ1) is 8.96. The van der Waals surface area contributed by atoms with Crippen molar-refractivity contribution >= 4 is 0 Å². The first-order valence-corrected chi connectivity index (χ1v) is 4.14. The molecule has 0 saturated carbocycles. The number of hydrogen-bond donors (Lipinski definition) is 1. The van der Waals surface area contributed by atoms with E-state index in [1.807, 2.05) is 0 Å². The third-order valence-corrected chi connectivity index (χ3v) is 1.95. The minimum Gasteiger partial charge on any atom is -0.357 e. The third-order valence-electron chi connectivity index (χ3n) is 1.95.